The average molecular weight is 184 g/mol. The summed E-state index contributed by atoms with van der Waals surface area (Å²) in [6, 6.07) is 0.474. The van der Waals surface area contributed by atoms with E-state index in [-0.39, 0.29) is 0 Å². The maximum absolute atomic E-state index is 5.37. The monoisotopic (exact) mass is 184 g/mol. The minimum Gasteiger partial charge on any atom is -0.348 e. The van der Waals surface area contributed by atoms with Crippen molar-refractivity contribution in [3.8, 4) is 0 Å². The Kier molecular flexibility index (Phi) is 4.02. The van der Waals surface area contributed by atoms with Crippen molar-refractivity contribution in [1.29, 1.82) is 0 Å². The van der Waals surface area contributed by atoms with Gasteiger partial charge in [0.15, 0.2) is 0 Å². The van der Waals surface area contributed by atoms with E-state index in [0.29, 0.717) is 6.04 Å². The lowest BCUT2D eigenvalue weighted by molar-refractivity contribution is 0.435. The van der Waals surface area contributed by atoms with Gasteiger partial charge in [0.1, 0.15) is 0 Å². The molecule has 0 amide bonds. The van der Waals surface area contributed by atoms with E-state index in [1.807, 2.05) is 19.0 Å². The molecule has 0 aliphatic heterocycles. The smallest absolute Gasteiger partial charge is 0.208 e. The van der Waals surface area contributed by atoms with Crippen LogP contribution in [0.5, 0.6) is 0 Å². The van der Waals surface area contributed by atoms with Crippen molar-refractivity contribution in [2.75, 3.05) is 14.1 Å². The third kappa shape index (κ3) is 3.22. The van der Waals surface area contributed by atoms with Gasteiger partial charge in [0.05, 0.1) is 6.04 Å². The van der Waals surface area contributed by atoms with Crippen LogP contribution in [0.3, 0.4) is 0 Å². The second-order valence-corrected chi connectivity index (χ2v) is 3.78. The molecule has 13 heavy (non-hydrogen) atoms. The van der Waals surface area contributed by atoms with E-state index in [9.17, 15) is 0 Å². The highest BCUT2D eigenvalue weighted by Crippen LogP contribution is 2.20. The molecule has 0 spiro atoms. The summed E-state index contributed by atoms with van der Waals surface area (Å²) in [5.74, 6) is 6.15. The van der Waals surface area contributed by atoms with Gasteiger partial charge in [-0.15, -0.1) is 0 Å². The lowest BCUT2D eigenvalue weighted by atomic mass is 9.96. The van der Waals surface area contributed by atoms with Crippen LogP contribution in [0.1, 0.15) is 32.1 Å². The fourth-order valence-corrected chi connectivity index (χ4v) is 1.66. The number of guanidine groups is 1. The number of nitrogens with one attached hydrogen (secondary N) is 1. The van der Waals surface area contributed by atoms with Crippen LogP contribution < -0.4 is 11.3 Å². The van der Waals surface area contributed by atoms with E-state index in [2.05, 4.69) is 10.4 Å². The van der Waals surface area contributed by atoms with Crippen LogP contribution in [0.2, 0.25) is 0 Å². The first-order valence-corrected chi connectivity index (χ1v) is 4.96. The zero-order valence-corrected chi connectivity index (χ0v) is 8.58. The Morgan fingerprint density at radius 2 is 1.92 bits per heavy atom. The van der Waals surface area contributed by atoms with Crippen molar-refractivity contribution in [2.45, 2.75) is 38.1 Å². The van der Waals surface area contributed by atoms with Gasteiger partial charge in [-0.3, -0.25) is 5.43 Å². The van der Waals surface area contributed by atoms with Crippen LogP contribution in [0.25, 0.3) is 0 Å². The van der Waals surface area contributed by atoms with Gasteiger partial charge in [0.2, 0.25) is 5.96 Å². The Bertz CT molecular complexity index is 170. The van der Waals surface area contributed by atoms with Crippen molar-refractivity contribution >= 4 is 5.96 Å². The molecule has 1 fully saturated rings. The molecule has 0 unspecified atom stereocenters. The predicted octanol–water partition coefficient (Wildman–Crippen LogP) is 0.700. The molecule has 1 aliphatic rings. The quantitative estimate of drug-likeness (QED) is 0.273. The molecule has 3 N–H and O–H groups in total. The zero-order valence-electron chi connectivity index (χ0n) is 8.58. The molecular formula is C9H20N4. The van der Waals surface area contributed by atoms with E-state index < -0.39 is 0 Å². The molecule has 1 saturated carbocycles. The highest BCUT2D eigenvalue weighted by Gasteiger charge is 2.13. The first-order valence-electron chi connectivity index (χ1n) is 4.96. The van der Waals surface area contributed by atoms with Crippen molar-refractivity contribution < 1.29 is 0 Å². The van der Waals surface area contributed by atoms with Gasteiger partial charge in [-0.1, -0.05) is 19.3 Å². The number of nitrogens with zero attached hydrogens (tertiary/aromatic N) is 2. The van der Waals surface area contributed by atoms with Gasteiger partial charge in [0.25, 0.3) is 0 Å². The minimum absolute atomic E-state index is 0.474. The maximum Gasteiger partial charge on any atom is 0.208 e. The Morgan fingerprint density at radius 1 is 1.31 bits per heavy atom. The van der Waals surface area contributed by atoms with Gasteiger partial charge in [-0.25, -0.2) is 10.8 Å². The second-order valence-electron chi connectivity index (χ2n) is 3.78. The fraction of sp³-hybridized carbons (Fsp3) is 0.889. The number of rotatable bonds is 1. The molecule has 76 valence electrons. The standard InChI is InChI=1S/C9H20N4/c1-13(2)9(12-10)11-8-6-4-3-5-7-8/h8H,3-7,10H2,1-2H3,(H,11,12). The van der Waals surface area contributed by atoms with E-state index in [0.717, 1.165) is 5.96 Å². The Balaban J connectivity index is 2.49. The Hall–Kier alpha value is -0.770. The van der Waals surface area contributed by atoms with Gasteiger partial charge >= 0.3 is 0 Å². The fourth-order valence-electron chi connectivity index (χ4n) is 1.66. The summed E-state index contributed by atoms with van der Waals surface area (Å²) < 4.78 is 0. The van der Waals surface area contributed by atoms with E-state index >= 15 is 0 Å². The average Bonchev–Trinajstić information content (AvgIpc) is 2.15. The molecule has 0 heterocycles. The highest BCUT2D eigenvalue weighted by atomic mass is 15.4. The highest BCUT2D eigenvalue weighted by molar-refractivity contribution is 5.78. The predicted molar refractivity (Wildman–Crippen MR) is 55.3 cm³/mol. The molecule has 0 saturated heterocycles. The molecule has 1 rings (SSSR count). The van der Waals surface area contributed by atoms with Crippen molar-refractivity contribution in [1.82, 2.24) is 10.3 Å². The topological polar surface area (TPSA) is 53.6 Å². The second kappa shape index (κ2) is 5.07. The number of hydrogen-bond acceptors (Lipinski definition) is 2. The number of aliphatic imine (C=N–C) groups is 1. The van der Waals surface area contributed by atoms with Crippen LogP contribution in [0, 0.1) is 0 Å². The maximum atomic E-state index is 5.37. The Morgan fingerprint density at radius 3 is 2.38 bits per heavy atom. The molecule has 0 atom stereocenters. The van der Waals surface area contributed by atoms with Crippen molar-refractivity contribution in [3.63, 3.8) is 0 Å². The summed E-state index contributed by atoms with van der Waals surface area (Å²) in [7, 11) is 3.89. The van der Waals surface area contributed by atoms with E-state index in [4.69, 9.17) is 5.84 Å². The molecular weight excluding hydrogens is 164 g/mol. The summed E-state index contributed by atoms with van der Waals surface area (Å²) in [6.45, 7) is 0. The summed E-state index contributed by atoms with van der Waals surface area (Å²) in [5.41, 5.74) is 2.62. The first kappa shape index (κ1) is 10.3. The van der Waals surface area contributed by atoms with Crippen LogP contribution in [-0.2, 0) is 0 Å². The van der Waals surface area contributed by atoms with E-state index in [1.165, 1.54) is 32.1 Å². The molecule has 1 aliphatic carbocycles. The minimum atomic E-state index is 0.474. The zero-order chi connectivity index (χ0) is 9.68. The third-order valence-electron chi connectivity index (χ3n) is 2.43. The molecule has 4 nitrogen and oxygen atoms in total. The third-order valence-corrected chi connectivity index (χ3v) is 2.43. The summed E-state index contributed by atoms with van der Waals surface area (Å²) in [6.07, 6.45) is 6.39. The lowest BCUT2D eigenvalue weighted by Gasteiger charge is -2.21. The Labute approximate surface area is 80.2 Å². The molecule has 0 aromatic heterocycles. The summed E-state index contributed by atoms with van der Waals surface area (Å²) >= 11 is 0. The summed E-state index contributed by atoms with van der Waals surface area (Å²) in [5, 5.41) is 0. The molecule has 0 radical (unpaired) electrons. The number of hydrazine groups is 1. The molecule has 0 aromatic rings. The van der Waals surface area contributed by atoms with Gasteiger partial charge in [-0.05, 0) is 12.8 Å². The van der Waals surface area contributed by atoms with Crippen LogP contribution >= 0.6 is 0 Å². The first-order chi connectivity index (χ1) is 6.24. The van der Waals surface area contributed by atoms with Crippen molar-refractivity contribution in [2.24, 2.45) is 10.8 Å². The number of hydrogen-bond donors (Lipinski definition) is 2. The largest absolute Gasteiger partial charge is 0.348 e. The van der Waals surface area contributed by atoms with Gasteiger partial charge in [-0.2, -0.15) is 0 Å². The number of nitrogens with two attached hydrogens (primary N) is 1. The lowest BCUT2D eigenvalue weighted by Crippen LogP contribution is -2.41. The summed E-state index contributed by atoms with van der Waals surface area (Å²) in [4.78, 5) is 6.47. The SMILES string of the molecule is CN(C)C(=NC1CCCCC1)NN. The van der Waals surface area contributed by atoms with Crippen LogP contribution in [0.15, 0.2) is 4.99 Å². The normalized spacial score (nSPS) is 20.1. The van der Waals surface area contributed by atoms with Crippen molar-refractivity contribution in [3.05, 3.63) is 0 Å². The van der Waals surface area contributed by atoms with Crippen LogP contribution in [-0.4, -0.2) is 31.0 Å². The van der Waals surface area contributed by atoms with Gasteiger partial charge < -0.3 is 4.90 Å². The van der Waals surface area contributed by atoms with E-state index in [1.54, 1.807) is 0 Å². The van der Waals surface area contributed by atoms with Gasteiger partial charge in [0, 0.05) is 14.1 Å². The van der Waals surface area contributed by atoms with Crippen LogP contribution in [0.4, 0.5) is 0 Å². The molecule has 0 bridgehead atoms. The molecule has 4 heteroatoms. The molecule has 0 aromatic carbocycles.